The van der Waals surface area contributed by atoms with Crippen molar-refractivity contribution < 1.29 is 4.55 Å². The third-order valence-corrected chi connectivity index (χ3v) is 7.39. The summed E-state index contributed by atoms with van der Waals surface area (Å²) in [6.45, 7) is 2.28. The van der Waals surface area contributed by atoms with Crippen molar-refractivity contribution in [3.63, 3.8) is 0 Å². The minimum atomic E-state index is 0.672. The molecule has 0 saturated heterocycles. The van der Waals surface area contributed by atoms with Gasteiger partial charge in [0.25, 0.3) is 0 Å². The SMILES string of the molecule is CCCCCCCc1cc(C2CCCCC2)cc(C2CCCCC2)c1NSO. The molecule has 3 heteroatoms. The van der Waals surface area contributed by atoms with E-state index in [1.807, 2.05) is 0 Å². The highest BCUT2D eigenvalue weighted by Gasteiger charge is 2.24. The van der Waals surface area contributed by atoms with E-state index in [1.165, 1.54) is 113 Å². The summed E-state index contributed by atoms with van der Waals surface area (Å²) < 4.78 is 12.9. The molecule has 28 heavy (non-hydrogen) atoms. The average Bonchev–Trinajstić information content (AvgIpc) is 2.75. The summed E-state index contributed by atoms with van der Waals surface area (Å²) in [5, 5.41) is 0. The second kappa shape index (κ2) is 12.1. The van der Waals surface area contributed by atoms with Gasteiger partial charge in [0.05, 0.1) is 5.69 Å². The van der Waals surface area contributed by atoms with Gasteiger partial charge >= 0.3 is 0 Å². The Bertz CT molecular complexity index is 576. The maximum absolute atomic E-state index is 9.63. The highest BCUT2D eigenvalue weighted by atomic mass is 32.2. The Balaban J connectivity index is 1.86. The Morgan fingerprint density at radius 1 is 0.857 bits per heavy atom. The molecule has 3 rings (SSSR count). The standard InChI is InChI=1S/C25H41NOS/c1-2-3-4-5-8-17-22-18-23(20-13-9-6-10-14-20)19-24(25(22)26-28-27)21-15-11-7-12-16-21/h18-21,26-27H,2-17H2,1H3. The molecule has 0 bridgehead atoms. The van der Waals surface area contributed by atoms with Gasteiger partial charge in [0.15, 0.2) is 0 Å². The number of nitrogens with one attached hydrogen (secondary N) is 1. The van der Waals surface area contributed by atoms with Crippen LogP contribution < -0.4 is 4.72 Å². The lowest BCUT2D eigenvalue weighted by molar-refractivity contribution is 0.435. The number of hydrogen-bond donors (Lipinski definition) is 2. The number of rotatable bonds is 10. The quantitative estimate of drug-likeness (QED) is 0.232. The van der Waals surface area contributed by atoms with Crippen molar-refractivity contribution >= 4 is 17.9 Å². The first-order valence-corrected chi connectivity index (χ1v) is 12.8. The highest BCUT2D eigenvalue weighted by Crippen LogP contribution is 2.43. The molecule has 0 atom stereocenters. The van der Waals surface area contributed by atoms with E-state index < -0.39 is 0 Å². The van der Waals surface area contributed by atoms with Crippen LogP contribution in [0, 0.1) is 0 Å². The van der Waals surface area contributed by atoms with Gasteiger partial charge in [-0.05, 0) is 67.1 Å². The van der Waals surface area contributed by atoms with E-state index in [1.54, 1.807) is 5.56 Å². The molecule has 0 amide bonds. The molecule has 0 aliphatic heterocycles. The molecule has 2 fully saturated rings. The number of unbranched alkanes of at least 4 members (excludes halogenated alkanes) is 4. The van der Waals surface area contributed by atoms with Crippen LogP contribution >= 0.6 is 12.2 Å². The Kier molecular flexibility index (Phi) is 9.54. The lowest BCUT2D eigenvalue weighted by atomic mass is 9.78. The molecule has 0 aromatic heterocycles. The number of aryl methyl sites for hydroxylation is 1. The Hall–Kier alpha value is -0.670. The monoisotopic (exact) mass is 403 g/mol. The van der Waals surface area contributed by atoms with Gasteiger partial charge < -0.3 is 9.27 Å². The van der Waals surface area contributed by atoms with Gasteiger partial charge in [0, 0.05) is 0 Å². The van der Waals surface area contributed by atoms with Crippen LogP contribution in [-0.2, 0) is 6.42 Å². The van der Waals surface area contributed by atoms with Gasteiger partial charge in [-0.2, -0.15) is 0 Å². The summed E-state index contributed by atoms with van der Waals surface area (Å²) in [5.41, 5.74) is 5.81. The molecule has 2 aliphatic carbocycles. The van der Waals surface area contributed by atoms with Crippen LogP contribution in [0.4, 0.5) is 5.69 Å². The normalized spacial score (nSPS) is 19.1. The number of benzene rings is 1. The van der Waals surface area contributed by atoms with Crippen LogP contribution in [0.5, 0.6) is 0 Å². The van der Waals surface area contributed by atoms with Gasteiger partial charge in [-0.15, -0.1) is 0 Å². The zero-order valence-electron chi connectivity index (χ0n) is 18.0. The molecule has 0 radical (unpaired) electrons. The fourth-order valence-corrected chi connectivity index (χ4v) is 5.79. The van der Waals surface area contributed by atoms with E-state index in [-0.39, 0.29) is 0 Å². The second-order valence-corrected chi connectivity index (χ2v) is 9.56. The summed E-state index contributed by atoms with van der Waals surface area (Å²) in [6.07, 6.45) is 21.4. The zero-order valence-corrected chi connectivity index (χ0v) is 18.8. The predicted molar refractivity (Wildman–Crippen MR) is 124 cm³/mol. The van der Waals surface area contributed by atoms with Crippen LogP contribution in [0.2, 0.25) is 0 Å². The fourth-order valence-electron chi connectivity index (χ4n) is 5.45. The van der Waals surface area contributed by atoms with Crippen molar-refractivity contribution in [1.82, 2.24) is 0 Å². The molecule has 1 aromatic rings. The smallest absolute Gasteiger partial charge is 0.108 e. The minimum Gasteiger partial charge on any atom is -0.312 e. The molecule has 0 heterocycles. The highest BCUT2D eigenvalue weighted by molar-refractivity contribution is 7.95. The van der Waals surface area contributed by atoms with Crippen molar-refractivity contribution in [3.05, 3.63) is 28.8 Å². The van der Waals surface area contributed by atoms with Crippen molar-refractivity contribution in [2.24, 2.45) is 0 Å². The topological polar surface area (TPSA) is 32.3 Å². The third-order valence-electron chi connectivity index (χ3n) is 7.09. The van der Waals surface area contributed by atoms with Gasteiger partial charge in [0.2, 0.25) is 0 Å². The summed E-state index contributed by atoms with van der Waals surface area (Å²) in [5.74, 6) is 1.43. The zero-order chi connectivity index (χ0) is 19.6. The molecular weight excluding hydrogens is 362 g/mol. The molecule has 2 saturated carbocycles. The van der Waals surface area contributed by atoms with E-state index in [2.05, 4.69) is 23.8 Å². The predicted octanol–water partition coefficient (Wildman–Crippen LogP) is 8.83. The molecule has 0 unspecified atom stereocenters. The van der Waals surface area contributed by atoms with Crippen molar-refractivity contribution in [1.29, 1.82) is 0 Å². The first kappa shape index (κ1) is 22.0. The Morgan fingerprint density at radius 2 is 1.50 bits per heavy atom. The summed E-state index contributed by atoms with van der Waals surface area (Å²) in [7, 11) is 0. The number of anilines is 1. The Morgan fingerprint density at radius 3 is 2.14 bits per heavy atom. The van der Waals surface area contributed by atoms with Gasteiger partial charge in [-0.3, -0.25) is 0 Å². The van der Waals surface area contributed by atoms with E-state index >= 15 is 0 Å². The molecule has 1 aromatic carbocycles. The van der Waals surface area contributed by atoms with Gasteiger partial charge in [0.1, 0.15) is 12.2 Å². The molecule has 2 aliphatic rings. The molecule has 0 spiro atoms. The molecular formula is C25H41NOS. The third kappa shape index (κ3) is 6.16. The molecule has 2 N–H and O–H groups in total. The fraction of sp³-hybridized carbons (Fsp3) is 0.760. The van der Waals surface area contributed by atoms with Crippen molar-refractivity contribution in [2.75, 3.05) is 4.72 Å². The summed E-state index contributed by atoms with van der Waals surface area (Å²) >= 11 is 0.786. The largest absolute Gasteiger partial charge is 0.312 e. The van der Waals surface area contributed by atoms with Crippen LogP contribution in [0.1, 0.15) is 132 Å². The van der Waals surface area contributed by atoms with Crippen molar-refractivity contribution in [2.45, 2.75) is 121 Å². The minimum absolute atomic E-state index is 0.672. The maximum atomic E-state index is 9.63. The lowest BCUT2D eigenvalue weighted by Crippen LogP contribution is -2.12. The molecule has 2 nitrogen and oxygen atoms in total. The lowest BCUT2D eigenvalue weighted by Gasteiger charge is -2.29. The van der Waals surface area contributed by atoms with E-state index in [9.17, 15) is 4.55 Å². The maximum Gasteiger partial charge on any atom is 0.108 e. The van der Waals surface area contributed by atoms with E-state index in [0.29, 0.717) is 5.92 Å². The summed E-state index contributed by atoms with van der Waals surface area (Å²) in [6, 6.07) is 5.03. The van der Waals surface area contributed by atoms with Gasteiger partial charge in [-0.25, -0.2) is 0 Å². The van der Waals surface area contributed by atoms with Crippen LogP contribution in [0.3, 0.4) is 0 Å². The van der Waals surface area contributed by atoms with E-state index in [4.69, 9.17) is 0 Å². The second-order valence-electron chi connectivity index (χ2n) is 9.17. The first-order valence-electron chi connectivity index (χ1n) is 12.1. The molecule has 158 valence electrons. The van der Waals surface area contributed by atoms with Gasteiger partial charge in [-0.1, -0.05) is 83.3 Å². The van der Waals surface area contributed by atoms with Crippen LogP contribution in [-0.4, -0.2) is 4.55 Å². The van der Waals surface area contributed by atoms with Crippen molar-refractivity contribution in [3.8, 4) is 0 Å². The number of hydrogen-bond acceptors (Lipinski definition) is 3. The van der Waals surface area contributed by atoms with Crippen LogP contribution in [0.25, 0.3) is 0 Å². The first-order chi connectivity index (χ1) is 13.8. The summed E-state index contributed by atoms with van der Waals surface area (Å²) in [4.78, 5) is 0. The Labute approximate surface area is 177 Å². The van der Waals surface area contributed by atoms with Crippen LogP contribution in [0.15, 0.2) is 12.1 Å². The van der Waals surface area contributed by atoms with E-state index in [0.717, 1.165) is 24.6 Å². The average molecular weight is 404 g/mol.